The van der Waals surface area contributed by atoms with Crippen LogP contribution in [-0.4, -0.2) is 0 Å². The van der Waals surface area contributed by atoms with Crippen LogP contribution in [0.4, 0.5) is 4.39 Å². The first kappa shape index (κ1) is 13.5. The number of rotatable bonds is 3. The lowest BCUT2D eigenvalue weighted by Crippen LogP contribution is -2.28. The van der Waals surface area contributed by atoms with E-state index >= 15 is 0 Å². The molecule has 0 aliphatic carbocycles. The second kappa shape index (κ2) is 5.50. The van der Waals surface area contributed by atoms with E-state index in [4.69, 9.17) is 17.4 Å². The van der Waals surface area contributed by atoms with E-state index in [9.17, 15) is 4.39 Å². The Bertz CT molecular complexity index is 723. The van der Waals surface area contributed by atoms with E-state index in [1.165, 1.54) is 12.1 Å². The molecule has 2 aromatic carbocycles. The molecule has 0 bridgehead atoms. The number of hydrazine groups is 1. The van der Waals surface area contributed by atoms with Crippen molar-refractivity contribution in [1.29, 1.82) is 0 Å². The Morgan fingerprint density at radius 3 is 2.70 bits per heavy atom. The molecule has 5 heteroatoms. The average molecular weight is 307 g/mol. The van der Waals surface area contributed by atoms with Crippen LogP contribution >= 0.6 is 22.9 Å². The van der Waals surface area contributed by atoms with Crippen LogP contribution in [-0.2, 0) is 0 Å². The van der Waals surface area contributed by atoms with Gasteiger partial charge in [0.25, 0.3) is 0 Å². The first-order valence-corrected chi connectivity index (χ1v) is 7.28. The summed E-state index contributed by atoms with van der Waals surface area (Å²) < 4.78 is 14.6. The van der Waals surface area contributed by atoms with Crippen LogP contribution < -0.4 is 11.3 Å². The Kier molecular flexibility index (Phi) is 3.72. The molecule has 1 atom stereocenters. The SMILES string of the molecule is NNC(c1cc2ccccc2s1)c1cc(F)ccc1Cl. The van der Waals surface area contributed by atoms with Crippen LogP contribution in [0.2, 0.25) is 5.02 Å². The number of benzene rings is 2. The van der Waals surface area contributed by atoms with Gasteiger partial charge in [0.15, 0.2) is 0 Å². The van der Waals surface area contributed by atoms with Crippen LogP contribution in [0, 0.1) is 5.82 Å². The number of nitrogens with two attached hydrogens (primary N) is 1. The minimum absolute atomic E-state index is 0.324. The number of hydrogen-bond acceptors (Lipinski definition) is 3. The van der Waals surface area contributed by atoms with Crippen molar-refractivity contribution in [3.63, 3.8) is 0 Å². The Morgan fingerprint density at radius 2 is 1.95 bits per heavy atom. The molecule has 3 aromatic rings. The van der Waals surface area contributed by atoms with Crippen LogP contribution in [0.5, 0.6) is 0 Å². The van der Waals surface area contributed by atoms with Gasteiger partial charge in [-0.05, 0) is 41.3 Å². The molecule has 0 saturated carbocycles. The molecule has 0 aliphatic rings. The van der Waals surface area contributed by atoms with Crippen molar-refractivity contribution in [3.8, 4) is 0 Å². The first-order valence-electron chi connectivity index (χ1n) is 6.08. The second-order valence-corrected chi connectivity index (χ2v) is 5.97. The molecule has 1 aromatic heterocycles. The van der Waals surface area contributed by atoms with Gasteiger partial charge < -0.3 is 0 Å². The molecule has 20 heavy (non-hydrogen) atoms. The number of hydrogen-bond donors (Lipinski definition) is 2. The number of halogens is 2. The van der Waals surface area contributed by atoms with E-state index in [0.717, 1.165) is 15.0 Å². The maximum atomic E-state index is 13.4. The summed E-state index contributed by atoms with van der Waals surface area (Å²) >= 11 is 7.78. The third kappa shape index (κ3) is 2.43. The molecule has 0 amide bonds. The van der Waals surface area contributed by atoms with Crippen molar-refractivity contribution in [2.45, 2.75) is 6.04 Å². The predicted octanol–water partition coefficient (Wildman–Crippen LogP) is 4.25. The summed E-state index contributed by atoms with van der Waals surface area (Å²) in [5.74, 6) is 5.33. The number of fused-ring (bicyclic) bond motifs is 1. The van der Waals surface area contributed by atoms with Crippen molar-refractivity contribution >= 4 is 33.0 Å². The fraction of sp³-hybridized carbons (Fsp3) is 0.0667. The van der Waals surface area contributed by atoms with Gasteiger partial charge in [0.1, 0.15) is 5.82 Å². The standard InChI is InChI=1S/C15H12ClFN2S/c16-12-6-5-10(17)8-11(12)15(19-18)14-7-9-3-1-2-4-13(9)20-14/h1-8,15,19H,18H2. The molecule has 0 saturated heterocycles. The Morgan fingerprint density at radius 1 is 1.15 bits per heavy atom. The molecule has 102 valence electrons. The Balaban J connectivity index is 2.11. The highest BCUT2D eigenvalue weighted by atomic mass is 35.5. The number of thiophene rings is 1. The molecule has 3 rings (SSSR count). The molecule has 3 N–H and O–H groups in total. The van der Waals surface area contributed by atoms with Crippen LogP contribution in [0.15, 0.2) is 48.5 Å². The lowest BCUT2D eigenvalue weighted by molar-refractivity contribution is 0.609. The highest BCUT2D eigenvalue weighted by molar-refractivity contribution is 7.19. The van der Waals surface area contributed by atoms with Gasteiger partial charge in [0, 0.05) is 14.6 Å². The smallest absolute Gasteiger partial charge is 0.123 e. The lowest BCUT2D eigenvalue weighted by Gasteiger charge is -2.16. The van der Waals surface area contributed by atoms with Gasteiger partial charge in [-0.1, -0.05) is 29.8 Å². The fourth-order valence-electron chi connectivity index (χ4n) is 2.21. The second-order valence-electron chi connectivity index (χ2n) is 4.45. The van der Waals surface area contributed by atoms with Gasteiger partial charge in [0.05, 0.1) is 6.04 Å². The largest absolute Gasteiger partial charge is 0.271 e. The zero-order valence-electron chi connectivity index (χ0n) is 10.4. The van der Waals surface area contributed by atoms with Crippen molar-refractivity contribution < 1.29 is 4.39 Å². The summed E-state index contributed by atoms with van der Waals surface area (Å²) in [4.78, 5) is 1.00. The Labute approximate surface area is 125 Å². The number of nitrogens with one attached hydrogen (secondary N) is 1. The third-order valence-corrected chi connectivity index (χ3v) is 4.69. The van der Waals surface area contributed by atoms with Gasteiger partial charge in [0.2, 0.25) is 0 Å². The molecule has 0 fully saturated rings. The maximum absolute atomic E-state index is 13.4. The highest BCUT2D eigenvalue weighted by Crippen LogP contribution is 2.35. The minimum Gasteiger partial charge on any atom is -0.271 e. The van der Waals surface area contributed by atoms with Gasteiger partial charge in [-0.15, -0.1) is 11.3 Å². The summed E-state index contributed by atoms with van der Waals surface area (Å²) in [6.07, 6.45) is 0. The predicted molar refractivity (Wildman–Crippen MR) is 82.4 cm³/mol. The normalized spacial score (nSPS) is 12.8. The van der Waals surface area contributed by atoms with Crippen LogP contribution in [0.1, 0.15) is 16.5 Å². The van der Waals surface area contributed by atoms with Crippen molar-refractivity contribution in [2.24, 2.45) is 5.84 Å². The maximum Gasteiger partial charge on any atom is 0.123 e. The average Bonchev–Trinajstić information content (AvgIpc) is 2.87. The van der Waals surface area contributed by atoms with E-state index in [1.807, 2.05) is 30.3 Å². The van der Waals surface area contributed by atoms with Crippen molar-refractivity contribution in [1.82, 2.24) is 5.43 Å². The van der Waals surface area contributed by atoms with Crippen LogP contribution in [0.3, 0.4) is 0 Å². The molecule has 2 nitrogen and oxygen atoms in total. The van der Waals surface area contributed by atoms with Crippen molar-refractivity contribution in [3.05, 3.63) is 69.8 Å². The molecule has 0 aliphatic heterocycles. The van der Waals surface area contributed by atoms with Gasteiger partial charge in [-0.2, -0.15) is 0 Å². The summed E-state index contributed by atoms with van der Waals surface area (Å²) in [5, 5.41) is 1.63. The molecular formula is C15H12ClFN2S. The third-order valence-electron chi connectivity index (χ3n) is 3.16. The molecule has 1 unspecified atom stereocenters. The Hall–Kier alpha value is -1.46. The topological polar surface area (TPSA) is 38.0 Å². The van der Waals surface area contributed by atoms with E-state index in [2.05, 4.69) is 5.43 Å². The molecule has 0 radical (unpaired) electrons. The van der Waals surface area contributed by atoms with E-state index in [1.54, 1.807) is 17.4 Å². The van der Waals surface area contributed by atoms with Gasteiger partial charge >= 0.3 is 0 Å². The summed E-state index contributed by atoms with van der Waals surface area (Å²) in [6, 6.07) is 14.1. The molecular weight excluding hydrogens is 295 g/mol. The first-order chi connectivity index (χ1) is 9.69. The van der Waals surface area contributed by atoms with E-state index < -0.39 is 0 Å². The fourth-order valence-corrected chi connectivity index (χ4v) is 3.58. The zero-order chi connectivity index (χ0) is 14.1. The quantitative estimate of drug-likeness (QED) is 0.561. The van der Waals surface area contributed by atoms with Crippen LogP contribution in [0.25, 0.3) is 10.1 Å². The van der Waals surface area contributed by atoms with E-state index in [0.29, 0.717) is 10.6 Å². The highest BCUT2D eigenvalue weighted by Gasteiger charge is 2.18. The van der Waals surface area contributed by atoms with E-state index in [-0.39, 0.29) is 11.9 Å². The monoisotopic (exact) mass is 306 g/mol. The lowest BCUT2D eigenvalue weighted by atomic mass is 10.1. The summed E-state index contributed by atoms with van der Waals surface area (Å²) in [7, 11) is 0. The summed E-state index contributed by atoms with van der Waals surface area (Å²) in [6.45, 7) is 0. The molecule has 1 heterocycles. The van der Waals surface area contributed by atoms with Gasteiger partial charge in [-0.3, -0.25) is 5.84 Å². The minimum atomic E-state index is -0.328. The zero-order valence-corrected chi connectivity index (χ0v) is 12.0. The van der Waals surface area contributed by atoms with Gasteiger partial charge in [-0.25, -0.2) is 9.82 Å². The van der Waals surface area contributed by atoms with Crippen molar-refractivity contribution in [2.75, 3.05) is 0 Å². The summed E-state index contributed by atoms with van der Waals surface area (Å²) in [5.41, 5.74) is 3.36. The molecule has 0 spiro atoms.